The van der Waals surface area contributed by atoms with Crippen molar-refractivity contribution in [1.29, 1.82) is 0 Å². The van der Waals surface area contributed by atoms with Crippen molar-refractivity contribution < 1.29 is 9.53 Å². The van der Waals surface area contributed by atoms with Crippen molar-refractivity contribution in [2.45, 2.75) is 12.5 Å². The Balaban J connectivity index is 2.08. The van der Waals surface area contributed by atoms with E-state index in [-0.39, 0.29) is 12.0 Å². The third kappa shape index (κ3) is 3.12. The Morgan fingerprint density at radius 3 is 3.06 bits per heavy atom. The highest BCUT2D eigenvalue weighted by Crippen LogP contribution is 2.22. The highest BCUT2D eigenvalue weighted by Gasteiger charge is 2.18. The van der Waals surface area contributed by atoms with E-state index >= 15 is 0 Å². The van der Waals surface area contributed by atoms with Gasteiger partial charge in [-0.15, -0.1) is 0 Å². The minimum Gasteiger partial charge on any atom is -0.473 e. The summed E-state index contributed by atoms with van der Waals surface area (Å²) < 4.78 is 5.74. The number of aromatic nitrogens is 1. The lowest BCUT2D eigenvalue weighted by Gasteiger charge is -2.13. The van der Waals surface area contributed by atoms with Crippen molar-refractivity contribution in [3.63, 3.8) is 0 Å². The van der Waals surface area contributed by atoms with E-state index in [9.17, 15) is 4.79 Å². The number of rotatable bonds is 3. The second-order valence-corrected chi connectivity index (χ2v) is 5.34. The molecule has 0 bridgehead atoms. The topological polar surface area (TPSA) is 42.4 Å². The molecule has 5 heteroatoms. The number of hydrogen-bond acceptors (Lipinski definition) is 4. The quantitative estimate of drug-likeness (QED) is 0.820. The fourth-order valence-electron chi connectivity index (χ4n) is 1.64. The number of pyridine rings is 1. The third-order valence-corrected chi connectivity index (χ3v) is 3.70. The first-order chi connectivity index (χ1) is 8.16. The molecular formula is C12H16N2O2S. The van der Waals surface area contributed by atoms with Crippen LogP contribution in [0, 0.1) is 0 Å². The van der Waals surface area contributed by atoms with Crippen LogP contribution in [0.25, 0.3) is 0 Å². The van der Waals surface area contributed by atoms with E-state index in [1.165, 1.54) is 0 Å². The Hall–Kier alpha value is -1.23. The van der Waals surface area contributed by atoms with E-state index < -0.39 is 0 Å². The summed E-state index contributed by atoms with van der Waals surface area (Å²) in [5.74, 6) is 2.66. The molecule has 0 radical (unpaired) electrons. The van der Waals surface area contributed by atoms with Gasteiger partial charge in [0.25, 0.3) is 5.91 Å². The molecule has 2 heterocycles. The molecule has 1 fully saturated rings. The van der Waals surface area contributed by atoms with Crippen LogP contribution in [-0.2, 0) is 0 Å². The first-order valence-corrected chi connectivity index (χ1v) is 6.74. The number of nitrogens with zero attached hydrogens (tertiary/aromatic N) is 2. The zero-order valence-corrected chi connectivity index (χ0v) is 10.9. The molecule has 1 amide bonds. The maximum Gasteiger partial charge on any atom is 0.253 e. The van der Waals surface area contributed by atoms with Gasteiger partial charge in [0.1, 0.15) is 6.10 Å². The molecule has 1 aliphatic rings. The maximum atomic E-state index is 11.8. The van der Waals surface area contributed by atoms with Gasteiger partial charge >= 0.3 is 0 Å². The minimum atomic E-state index is -0.0296. The normalized spacial score (nSPS) is 19.1. The first-order valence-electron chi connectivity index (χ1n) is 5.59. The Labute approximate surface area is 105 Å². The third-order valence-electron chi connectivity index (χ3n) is 2.56. The Kier molecular flexibility index (Phi) is 3.89. The summed E-state index contributed by atoms with van der Waals surface area (Å²) in [5, 5.41) is 0. The van der Waals surface area contributed by atoms with Crippen LogP contribution in [-0.4, -0.2) is 47.5 Å². The predicted molar refractivity (Wildman–Crippen MR) is 68.6 cm³/mol. The van der Waals surface area contributed by atoms with Gasteiger partial charge in [-0.05, 0) is 18.2 Å². The molecule has 1 aliphatic heterocycles. The van der Waals surface area contributed by atoms with Crippen LogP contribution in [0.4, 0.5) is 0 Å². The van der Waals surface area contributed by atoms with E-state index in [1.54, 1.807) is 37.3 Å². The van der Waals surface area contributed by atoms with E-state index in [2.05, 4.69) is 4.98 Å². The maximum absolute atomic E-state index is 11.8. The van der Waals surface area contributed by atoms with Crippen molar-refractivity contribution >= 4 is 17.7 Å². The van der Waals surface area contributed by atoms with Crippen LogP contribution in [0.3, 0.4) is 0 Å². The first kappa shape index (κ1) is 12.2. The molecule has 4 nitrogen and oxygen atoms in total. The molecular weight excluding hydrogens is 236 g/mol. The van der Waals surface area contributed by atoms with Gasteiger partial charge in [-0.25, -0.2) is 4.98 Å². The van der Waals surface area contributed by atoms with Crippen LogP contribution in [0.5, 0.6) is 5.88 Å². The summed E-state index contributed by atoms with van der Waals surface area (Å²) in [6, 6.07) is 3.42. The molecule has 2 rings (SSSR count). The molecule has 17 heavy (non-hydrogen) atoms. The fourth-order valence-corrected chi connectivity index (χ4v) is 2.74. The van der Waals surface area contributed by atoms with Gasteiger partial charge in [-0.2, -0.15) is 11.8 Å². The molecule has 1 atom stereocenters. The lowest BCUT2D eigenvalue weighted by Crippen LogP contribution is -2.22. The largest absolute Gasteiger partial charge is 0.473 e. The molecule has 0 unspecified atom stereocenters. The number of amides is 1. The highest BCUT2D eigenvalue weighted by atomic mass is 32.2. The molecule has 92 valence electrons. The summed E-state index contributed by atoms with van der Waals surface area (Å²) in [5.41, 5.74) is 0.616. The number of carbonyl (C=O) groups is 1. The molecule has 0 saturated carbocycles. The highest BCUT2D eigenvalue weighted by molar-refractivity contribution is 7.99. The van der Waals surface area contributed by atoms with Crippen molar-refractivity contribution in [2.24, 2.45) is 0 Å². The van der Waals surface area contributed by atoms with E-state index in [0.717, 1.165) is 17.9 Å². The van der Waals surface area contributed by atoms with Gasteiger partial charge in [0.15, 0.2) is 0 Å². The summed E-state index contributed by atoms with van der Waals surface area (Å²) in [6.07, 6.45) is 2.91. The average molecular weight is 252 g/mol. The van der Waals surface area contributed by atoms with E-state index in [0.29, 0.717) is 11.4 Å². The van der Waals surface area contributed by atoms with Gasteiger partial charge in [0.05, 0.1) is 0 Å². The Bertz CT molecular complexity index is 403. The lowest BCUT2D eigenvalue weighted by molar-refractivity contribution is 0.0826. The van der Waals surface area contributed by atoms with Crippen LogP contribution in [0.2, 0.25) is 0 Å². The van der Waals surface area contributed by atoms with Crippen LogP contribution in [0.15, 0.2) is 18.3 Å². The molecule has 0 N–H and O–H groups in total. The van der Waals surface area contributed by atoms with E-state index in [1.807, 2.05) is 11.8 Å². The Morgan fingerprint density at radius 2 is 2.41 bits per heavy atom. The summed E-state index contributed by atoms with van der Waals surface area (Å²) >= 11 is 1.89. The SMILES string of the molecule is CN(C)C(=O)c1ccnc(O[C@@H]2CCSC2)c1. The lowest BCUT2D eigenvalue weighted by atomic mass is 10.2. The fraction of sp³-hybridized carbons (Fsp3) is 0.500. The molecule has 1 aromatic rings. The van der Waals surface area contributed by atoms with Gasteiger partial charge in [0, 0.05) is 37.7 Å². The molecule has 0 aliphatic carbocycles. The minimum absolute atomic E-state index is 0.0296. The van der Waals surface area contributed by atoms with Gasteiger partial charge in [0.2, 0.25) is 5.88 Å². The predicted octanol–water partition coefficient (Wildman–Crippen LogP) is 1.67. The van der Waals surface area contributed by atoms with Gasteiger partial charge in [-0.1, -0.05) is 0 Å². The number of hydrogen-bond donors (Lipinski definition) is 0. The summed E-state index contributed by atoms with van der Waals surface area (Å²) in [4.78, 5) is 17.5. The monoisotopic (exact) mass is 252 g/mol. The standard InChI is InChI=1S/C12H16N2O2S/c1-14(2)12(15)9-3-5-13-11(7-9)16-10-4-6-17-8-10/h3,5,7,10H,4,6,8H2,1-2H3/t10-/m1/s1. The summed E-state index contributed by atoms with van der Waals surface area (Å²) in [7, 11) is 3.47. The number of ether oxygens (including phenoxy) is 1. The Morgan fingerprint density at radius 1 is 1.59 bits per heavy atom. The molecule has 0 aromatic carbocycles. The van der Waals surface area contributed by atoms with Crippen molar-refractivity contribution in [3.05, 3.63) is 23.9 Å². The number of carbonyl (C=O) groups excluding carboxylic acids is 1. The molecule has 1 aromatic heterocycles. The summed E-state index contributed by atoms with van der Waals surface area (Å²) in [6.45, 7) is 0. The second-order valence-electron chi connectivity index (χ2n) is 4.19. The van der Waals surface area contributed by atoms with Gasteiger partial charge < -0.3 is 9.64 Å². The zero-order chi connectivity index (χ0) is 12.3. The van der Waals surface area contributed by atoms with Crippen molar-refractivity contribution in [2.75, 3.05) is 25.6 Å². The smallest absolute Gasteiger partial charge is 0.253 e. The van der Waals surface area contributed by atoms with Gasteiger partial charge in [-0.3, -0.25) is 4.79 Å². The van der Waals surface area contributed by atoms with Crippen LogP contribution in [0.1, 0.15) is 16.8 Å². The average Bonchev–Trinajstić information content (AvgIpc) is 2.81. The van der Waals surface area contributed by atoms with Crippen LogP contribution < -0.4 is 4.74 Å². The van der Waals surface area contributed by atoms with Crippen molar-refractivity contribution in [1.82, 2.24) is 9.88 Å². The van der Waals surface area contributed by atoms with E-state index in [4.69, 9.17) is 4.74 Å². The second kappa shape index (κ2) is 5.40. The molecule has 1 saturated heterocycles. The number of thioether (sulfide) groups is 1. The zero-order valence-electron chi connectivity index (χ0n) is 10.0. The van der Waals surface area contributed by atoms with Crippen LogP contribution >= 0.6 is 11.8 Å². The van der Waals surface area contributed by atoms with Crippen molar-refractivity contribution in [3.8, 4) is 5.88 Å². The molecule has 0 spiro atoms.